The Labute approximate surface area is 95.2 Å². The van der Waals surface area contributed by atoms with Crippen LogP contribution in [0.15, 0.2) is 0 Å². The quantitative estimate of drug-likeness (QED) is 0.758. The Bertz CT molecular complexity index is 202. The molecule has 1 amide bonds. The van der Waals surface area contributed by atoms with Gasteiger partial charge in [-0.2, -0.15) is 0 Å². The lowest BCUT2D eigenvalue weighted by Gasteiger charge is -2.22. The second-order valence-corrected chi connectivity index (χ2v) is 6.10. The van der Waals surface area contributed by atoms with Gasteiger partial charge in [0.2, 0.25) is 5.91 Å². The van der Waals surface area contributed by atoms with Crippen molar-refractivity contribution in [3.63, 3.8) is 0 Å². The first-order chi connectivity index (χ1) is 6.55. The molecule has 14 heavy (non-hydrogen) atoms. The molecule has 0 bridgehead atoms. The summed E-state index contributed by atoms with van der Waals surface area (Å²) in [5.74, 6) is 1.88. The maximum absolute atomic E-state index is 11.6. The van der Waals surface area contributed by atoms with E-state index in [1.807, 2.05) is 0 Å². The largest absolute Gasteiger partial charge is 0.355 e. The van der Waals surface area contributed by atoms with Crippen LogP contribution in [0.4, 0.5) is 0 Å². The Morgan fingerprint density at radius 1 is 1.64 bits per heavy atom. The second kappa shape index (κ2) is 5.26. The molecule has 0 aliphatic carbocycles. The number of hydrogen-bond donors (Lipinski definition) is 1. The first kappa shape index (κ1) is 12.2. The molecule has 0 aromatic heterocycles. The van der Waals surface area contributed by atoms with Gasteiger partial charge in [0.15, 0.2) is 0 Å². The van der Waals surface area contributed by atoms with E-state index in [0.29, 0.717) is 12.4 Å². The maximum Gasteiger partial charge on any atom is 0.233 e. The Morgan fingerprint density at radius 2 is 2.36 bits per heavy atom. The number of carbonyl (C=O) groups is 1. The van der Waals surface area contributed by atoms with E-state index in [1.165, 1.54) is 6.42 Å². The van der Waals surface area contributed by atoms with Crippen LogP contribution in [-0.2, 0) is 4.79 Å². The number of carbonyl (C=O) groups excluding carboxylic acids is 1. The Morgan fingerprint density at radius 3 is 2.86 bits per heavy atom. The molecule has 0 spiro atoms. The van der Waals surface area contributed by atoms with E-state index >= 15 is 0 Å². The van der Waals surface area contributed by atoms with Crippen molar-refractivity contribution in [3.8, 4) is 0 Å². The van der Waals surface area contributed by atoms with Crippen molar-refractivity contribution >= 4 is 29.3 Å². The fraction of sp³-hybridized carbons (Fsp3) is 0.900. The van der Waals surface area contributed by atoms with E-state index in [2.05, 4.69) is 19.2 Å². The van der Waals surface area contributed by atoms with Crippen molar-refractivity contribution in [1.29, 1.82) is 0 Å². The molecule has 0 aromatic carbocycles. The van der Waals surface area contributed by atoms with Crippen LogP contribution in [0, 0.1) is 5.41 Å². The number of halogens is 1. The summed E-state index contributed by atoms with van der Waals surface area (Å²) >= 11 is 7.54. The topological polar surface area (TPSA) is 29.1 Å². The first-order valence-corrected chi connectivity index (χ1v) is 6.59. The molecule has 1 heterocycles. The molecule has 4 heteroatoms. The Kier molecular flexibility index (Phi) is 4.58. The van der Waals surface area contributed by atoms with Crippen LogP contribution < -0.4 is 5.32 Å². The SMILES string of the molecule is CC(C)(CCl)CNC(=O)C1CCCS1. The van der Waals surface area contributed by atoms with Crippen LogP contribution in [-0.4, -0.2) is 29.3 Å². The molecule has 1 rings (SSSR count). The minimum Gasteiger partial charge on any atom is -0.355 e. The van der Waals surface area contributed by atoms with Gasteiger partial charge in [-0.3, -0.25) is 4.79 Å². The lowest BCUT2D eigenvalue weighted by atomic mass is 9.96. The minimum absolute atomic E-state index is 0.000483. The lowest BCUT2D eigenvalue weighted by Crippen LogP contribution is -2.38. The smallest absolute Gasteiger partial charge is 0.233 e. The molecule has 0 radical (unpaired) electrons. The average Bonchev–Trinajstić information content (AvgIpc) is 2.67. The van der Waals surface area contributed by atoms with Crippen LogP contribution >= 0.6 is 23.4 Å². The van der Waals surface area contributed by atoms with E-state index in [-0.39, 0.29) is 16.6 Å². The number of amides is 1. The normalized spacial score (nSPS) is 22.4. The standard InChI is InChI=1S/C10H18ClNOS/c1-10(2,6-11)7-12-9(13)8-4-3-5-14-8/h8H,3-7H2,1-2H3,(H,12,13). The molecule has 82 valence electrons. The molecular formula is C10H18ClNOS. The van der Waals surface area contributed by atoms with Crippen LogP contribution in [0.25, 0.3) is 0 Å². The molecule has 1 saturated heterocycles. The van der Waals surface area contributed by atoms with Gasteiger partial charge in [-0.25, -0.2) is 0 Å². The maximum atomic E-state index is 11.6. The molecule has 1 aliphatic rings. The zero-order valence-electron chi connectivity index (χ0n) is 8.81. The summed E-state index contributed by atoms with van der Waals surface area (Å²) in [5, 5.41) is 3.15. The van der Waals surface area contributed by atoms with Crippen LogP contribution in [0.2, 0.25) is 0 Å². The summed E-state index contributed by atoms with van der Waals surface area (Å²) in [7, 11) is 0. The van der Waals surface area contributed by atoms with Gasteiger partial charge in [-0.15, -0.1) is 23.4 Å². The third-order valence-electron chi connectivity index (χ3n) is 2.33. The van der Waals surface area contributed by atoms with Gasteiger partial charge in [-0.05, 0) is 24.0 Å². The number of hydrogen-bond acceptors (Lipinski definition) is 2. The molecule has 1 N–H and O–H groups in total. The van der Waals surface area contributed by atoms with E-state index in [1.54, 1.807) is 11.8 Å². The van der Waals surface area contributed by atoms with E-state index in [0.717, 1.165) is 12.2 Å². The highest BCUT2D eigenvalue weighted by Gasteiger charge is 2.25. The van der Waals surface area contributed by atoms with Gasteiger partial charge in [0.05, 0.1) is 5.25 Å². The van der Waals surface area contributed by atoms with E-state index < -0.39 is 0 Å². The van der Waals surface area contributed by atoms with Gasteiger partial charge in [-0.1, -0.05) is 13.8 Å². The summed E-state index contributed by atoms with van der Waals surface area (Å²) in [6, 6.07) is 0. The number of rotatable bonds is 4. The molecule has 1 aliphatic heterocycles. The van der Waals surface area contributed by atoms with E-state index in [4.69, 9.17) is 11.6 Å². The van der Waals surface area contributed by atoms with Crippen molar-refractivity contribution in [1.82, 2.24) is 5.32 Å². The van der Waals surface area contributed by atoms with Gasteiger partial charge in [0, 0.05) is 12.4 Å². The molecule has 0 saturated carbocycles. The fourth-order valence-electron chi connectivity index (χ4n) is 1.27. The second-order valence-electron chi connectivity index (χ2n) is 4.52. The highest BCUT2D eigenvalue weighted by Crippen LogP contribution is 2.26. The molecule has 1 fully saturated rings. The van der Waals surface area contributed by atoms with Crippen molar-refractivity contribution in [3.05, 3.63) is 0 Å². The van der Waals surface area contributed by atoms with Crippen LogP contribution in [0.3, 0.4) is 0 Å². The Balaban J connectivity index is 2.27. The highest BCUT2D eigenvalue weighted by molar-refractivity contribution is 8.00. The fourth-order valence-corrected chi connectivity index (χ4v) is 2.55. The van der Waals surface area contributed by atoms with Gasteiger partial charge in [0.1, 0.15) is 0 Å². The monoisotopic (exact) mass is 235 g/mol. The van der Waals surface area contributed by atoms with Gasteiger partial charge < -0.3 is 5.32 Å². The summed E-state index contributed by atoms with van der Waals surface area (Å²) in [6.45, 7) is 4.79. The summed E-state index contributed by atoms with van der Waals surface area (Å²) in [6.07, 6.45) is 2.19. The molecule has 1 unspecified atom stereocenters. The van der Waals surface area contributed by atoms with Crippen LogP contribution in [0.1, 0.15) is 26.7 Å². The van der Waals surface area contributed by atoms with Crippen molar-refractivity contribution in [2.45, 2.75) is 31.9 Å². The predicted molar refractivity (Wildman–Crippen MR) is 63.0 cm³/mol. The summed E-state index contributed by atoms with van der Waals surface area (Å²) in [4.78, 5) is 11.6. The van der Waals surface area contributed by atoms with Crippen molar-refractivity contribution in [2.75, 3.05) is 18.2 Å². The van der Waals surface area contributed by atoms with Gasteiger partial charge in [0.25, 0.3) is 0 Å². The third kappa shape index (κ3) is 3.70. The predicted octanol–water partition coefficient (Wildman–Crippen LogP) is 2.26. The zero-order chi connectivity index (χ0) is 10.6. The van der Waals surface area contributed by atoms with Gasteiger partial charge >= 0.3 is 0 Å². The van der Waals surface area contributed by atoms with Crippen molar-refractivity contribution < 1.29 is 4.79 Å². The third-order valence-corrected chi connectivity index (χ3v) is 4.43. The molecule has 1 atom stereocenters. The Hall–Kier alpha value is 0.110. The number of alkyl halides is 1. The van der Waals surface area contributed by atoms with Crippen molar-refractivity contribution in [2.24, 2.45) is 5.41 Å². The summed E-state index contributed by atoms with van der Waals surface area (Å²) in [5.41, 5.74) is 0.000483. The first-order valence-electron chi connectivity index (χ1n) is 5.00. The zero-order valence-corrected chi connectivity index (χ0v) is 10.4. The number of thioether (sulfide) groups is 1. The van der Waals surface area contributed by atoms with Crippen LogP contribution in [0.5, 0.6) is 0 Å². The molecule has 0 aromatic rings. The minimum atomic E-state index is 0.000483. The molecular weight excluding hydrogens is 218 g/mol. The lowest BCUT2D eigenvalue weighted by molar-refractivity contribution is -0.120. The summed E-state index contributed by atoms with van der Waals surface area (Å²) < 4.78 is 0. The number of nitrogens with one attached hydrogen (secondary N) is 1. The van der Waals surface area contributed by atoms with E-state index in [9.17, 15) is 4.79 Å². The highest BCUT2D eigenvalue weighted by atomic mass is 35.5. The average molecular weight is 236 g/mol. The molecule has 2 nitrogen and oxygen atoms in total.